The number of thiazole rings is 1. The smallest absolute Gasteiger partial charge is 0.317 e. The highest BCUT2D eigenvalue weighted by Crippen LogP contribution is 2.43. The average Bonchev–Trinajstić information content (AvgIpc) is 3.37. The maximum atomic E-state index is 14.3. The summed E-state index contributed by atoms with van der Waals surface area (Å²) >= 11 is 1.15. The van der Waals surface area contributed by atoms with E-state index in [0.29, 0.717) is 24.1 Å². The van der Waals surface area contributed by atoms with Crippen LogP contribution in [0, 0.1) is 5.82 Å². The minimum Gasteiger partial charge on any atom is -0.469 e. The fraction of sp³-hybridized carbons (Fsp3) is 0.400. The van der Waals surface area contributed by atoms with Crippen LogP contribution in [0.25, 0.3) is 0 Å². The number of aromatic nitrogens is 1. The molecule has 1 fully saturated rings. The molecule has 3 rings (SSSR count). The van der Waals surface area contributed by atoms with Gasteiger partial charge in [0.05, 0.1) is 24.6 Å². The topological polar surface area (TPSA) is 94.6 Å². The highest BCUT2D eigenvalue weighted by atomic mass is 32.1. The quantitative estimate of drug-likeness (QED) is 0.692. The number of hydrogen-bond acceptors (Lipinski definition) is 7. The van der Waals surface area contributed by atoms with Crippen LogP contribution in [0.15, 0.2) is 29.6 Å². The van der Waals surface area contributed by atoms with Gasteiger partial charge >= 0.3 is 11.9 Å². The Morgan fingerprint density at radius 3 is 2.66 bits per heavy atom. The van der Waals surface area contributed by atoms with Gasteiger partial charge in [0.2, 0.25) is 0 Å². The lowest BCUT2D eigenvalue weighted by atomic mass is 9.78. The first-order valence-corrected chi connectivity index (χ1v) is 10.1. The Kier molecular flexibility index (Phi) is 6.58. The summed E-state index contributed by atoms with van der Waals surface area (Å²) in [6.07, 6.45) is 2.55. The summed E-state index contributed by atoms with van der Waals surface area (Å²) in [6.45, 7) is -0.499. The number of hydrogen-bond donors (Lipinski definition) is 1. The summed E-state index contributed by atoms with van der Waals surface area (Å²) in [6, 6.07) is 6.18. The van der Waals surface area contributed by atoms with E-state index < -0.39 is 35.7 Å². The molecular formula is C20H21FN2O5S. The van der Waals surface area contributed by atoms with E-state index in [1.807, 2.05) is 0 Å². The van der Waals surface area contributed by atoms with Crippen molar-refractivity contribution in [1.82, 2.24) is 4.98 Å². The van der Waals surface area contributed by atoms with Crippen LogP contribution in [0.3, 0.4) is 0 Å². The van der Waals surface area contributed by atoms with Crippen molar-refractivity contribution in [3.05, 3.63) is 46.7 Å². The summed E-state index contributed by atoms with van der Waals surface area (Å²) in [7, 11) is 1.28. The Bertz CT molecular complexity index is 908. The Morgan fingerprint density at radius 2 is 1.97 bits per heavy atom. The van der Waals surface area contributed by atoms with Crippen LogP contribution in [0.5, 0.6) is 0 Å². The van der Waals surface area contributed by atoms with E-state index in [9.17, 15) is 18.8 Å². The van der Waals surface area contributed by atoms with Crippen molar-refractivity contribution in [1.29, 1.82) is 0 Å². The normalized spacial score (nSPS) is 15.0. The SMILES string of the molecule is COC(=O)Cc1csc(NC(=O)COC(=O)C2(c3ccccc3F)CCCC2)n1. The molecule has 0 radical (unpaired) electrons. The van der Waals surface area contributed by atoms with Crippen LogP contribution < -0.4 is 5.32 Å². The van der Waals surface area contributed by atoms with Crippen molar-refractivity contribution in [3.8, 4) is 0 Å². The molecule has 0 saturated heterocycles. The average molecular weight is 420 g/mol. The number of anilines is 1. The van der Waals surface area contributed by atoms with E-state index in [1.165, 1.54) is 13.2 Å². The van der Waals surface area contributed by atoms with Gasteiger partial charge in [-0.3, -0.25) is 19.7 Å². The first-order chi connectivity index (χ1) is 13.9. The van der Waals surface area contributed by atoms with Gasteiger partial charge in [0.1, 0.15) is 5.82 Å². The lowest BCUT2D eigenvalue weighted by molar-refractivity contribution is -0.153. The summed E-state index contributed by atoms with van der Waals surface area (Å²) in [5.41, 5.74) is -0.269. The van der Waals surface area contributed by atoms with Crippen molar-refractivity contribution in [3.63, 3.8) is 0 Å². The first-order valence-electron chi connectivity index (χ1n) is 9.18. The van der Waals surface area contributed by atoms with E-state index in [2.05, 4.69) is 15.0 Å². The number of rotatable bonds is 7. The monoisotopic (exact) mass is 420 g/mol. The number of carbonyl (C=O) groups excluding carboxylic acids is 3. The van der Waals surface area contributed by atoms with Crippen molar-refractivity contribution < 1.29 is 28.2 Å². The van der Waals surface area contributed by atoms with Gasteiger partial charge < -0.3 is 9.47 Å². The maximum absolute atomic E-state index is 14.3. The molecule has 29 heavy (non-hydrogen) atoms. The largest absolute Gasteiger partial charge is 0.469 e. The molecule has 1 amide bonds. The third-order valence-electron chi connectivity index (χ3n) is 4.92. The molecular weight excluding hydrogens is 399 g/mol. The van der Waals surface area contributed by atoms with Crippen molar-refractivity contribution in [2.75, 3.05) is 19.0 Å². The Balaban J connectivity index is 1.60. The van der Waals surface area contributed by atoms with Crippen LogP contribution >= 0.6 is 11.3 Å². The number of nitrogens with one attached hydrogen (secondary N) is 1. The van der Waals surface area contributed by atoms with Crippen molar-refractivity contribution in [2.24, 2.45) is 0 Å². The zero-order valence-corrected chi connectivity index (χ0v) is 16.7. The van der Waals surface area contributed by atoms with Crippen LogP contribution in [-0.2, 0) is 35.7 Å². The number of esters is 2. The second kappa shape index (κ2) is 9.13. The molecule has 2 aromatic rings. The number of ether oxygens (including phenoxy) is 2. The number of carbonyl (C=O) groups is 3. The minimum atomic E-state index is -1.06. The second-order valence-corrected chi connectivity index (χ2v) is 7.65. The lowest BCUT2D eigenvalue weighted by Gasteiger charge is -2.27. The number of methoxy groups -OCH3 is 1. The molecule has 1 aromatic heterocycles. The molecule has 1 aliphatic carbocycles. The first kappa shape index (κ1) is 20.9. The molecule has 1 heterocycles. The van der Waals surface area contributed by atoms with Crippen LogP contribution in [0.2, 0.25) is 0 Å². The second-order valence-electron chi connectivity index (χ2n) is 6.79. The molecule has 154 valence electrons. The van der Waals surface area contributed by atoms with Gasteiger partial charge in [0.25, 0.3) is 5.91 Å². The van der Waals surface area contributed by atoms with E-state index in [-0.39, 0.29) is 11.6 Å². The highest BCUT2D eigenvalue weighted by Gasteiger charge is 2.45. The fourth-order valence-electron chi connectivity index (χ4n) is 3.50. The summed E-state index contributed by atoms with van der Waals surface area (Å²) in [5, 5.41) is 4.44. The highest BCUT2D eigenvalue weighted by molar-refractivity contribution is 7.13. The Morgan fingerprint density at radius 1 is 1.24 bits per heavy atom. The molecule has 9 heteroatoms. The van der Waals surface area contributed by atoms with E-state index in [0.717, 1.165) is 24.2 Å². The van der Waals surface area contributed by atoms with Gasteiger partial charge in [-0.1, -0.05) is 31.0 Å². The zero-order chi connectivity index (χ0) is 20.9. The third kappa shape index (κ3) is 4.79. The number of halogens is 1. The third-order valence-corrected chi connectivity index (χ3v) is 5.73. The number of nitrogens with zero attached hydrogens (tertiary/aromatic N) is 1. The van der Waals surface area contributed by atoms with Crippen molar-refractivity contribution in [2.45, 2.75) is 37.5 Å². The molecule has 0 bridgehead atoms. The van der Waals surface area contributed by atoms with E-state index >= 15 is 0 Å². The van der Waals surface area contributed by atoms with Gasteiger partial charge in [-0.2, -0.15) is 0 Å². The zero-order valence-electron chi connectivity index (χ0n) is 15.9. The van der Waals surface area contributed by atoms with E-state index in [4.69, 9.17) is 4.74 Å². The molecule has 0 atom stereocenters. The Hall–Kier alpha value is -2.81. The summed E-state index contributed by atoms with van der Waals surface area (Å²) in [5.74, 6) is -2.03. The molecule has 1 aliphatic rings. The van der Waals surface area contributed by atoms with Gasteiger partial charge in [-0.05, 0) is 18.9 Å². The molecule has 1 saturated carbocycles. The van der Waals surface area contributed by atoms with Gasteiger partial charge in [-0.25, -0.2) is 9.37 Å². The summed E-state index contributed by atoms with van der Waals surface area (Å²) < 4.78 is 24.1. The fourth-order valence-corrected chi connectivity index (χ4v) is 4.23. The summed E-state index contributed by atoms with van der Waals surface area (Å²) in [4.78, 5) is 40.3. The lowest BCUT2D eigenvalue weighted by Crippen LogP contribution is -2.37. The molecule has 0 aliphatic heterocycles. The molecule has 1 N–H and O–H groups in total. The van der Waals surface area contributed by atoms with Gasteiger partial charge in [0, 0.05) is 10.9 Å². The molecule has 1 aromatic carbocycles. The van der Waals surface area contributed by atoms with Crippen molar-refractivity contribution >= 4 is 34.3 Å². The van der Waals surface area contributed by atoms with Crippen LogP contribution in [0.1, 0.15) is 36.9 Å². The maximum Gasteiger partial charge on any atom is 0.317 e. The Labute approximate surface area is 171 Å². The van der Waals surface area contributed by atoms with E-state index in [1.54, 1.807) is 23.6 Å². The van der Waals surface area contributed by atoms with Crippen LogP contribution in [-0.4, -0.2) is 36.5 Å². The van der Waals surface area contributed by atoms with Gasteiger partial charge in [-0.15, -0.1) is 11.3 Å². The van der Waals surface area contributed by atoms with Crippen LogP contribution in [0.4, 0.5) is 9.52 Å². The van der Waals surface area contributed by atoms with Gasteiger partial charge in [0.15, 0.2) is 11.7 Å². The molecule has 0 spiro atoms. The predicted molar refractivity (Wildman–Crippen MR) is 104 cm³/mol. The molecule has 7 nitrogen and oxygen atoms in total. The minimum absolute atomic E-state index is 0.00299. The molecule has 0 unspecified atom stereocenters. The number of amides is 1. The number of benzene rings is 1. The predicted octanol–water partition coefficient (Wildman–Crippen LogP) is 2.99. The standard InChI is InChI=1S/C20H21FN2O5S/c1-27-17(25)10-13-12-29-19(22-13)23-16(24)11-28-18(26)20(8-4-5-9-20)14-6-2-3-7-15(14)21/h2-3,6-7,12H,4-5,8-11H2,1H3,(H,22,23,24).